The fraction of sp³-hybridized carbons (Fsp3) is 0.692. The number of aromatic nitrogens is 2. The van der Waals surface area contributed by atoms with E-state index in [9.17, 15) is 13.2 Å². The molecule has 2 heterocycles. The first-order valence-corrected chi connectivity index (χ1v) is 9.16. The van der Waals surface area contributed by atoms with Crippen LogP contribution in [0, 0.1) is 5.41 Å². The van der Waals surface area contributed by atoms with Gasteiger partial charge in [-0.2, -0.15) is 5.10 Å². The first-order valence-electron chi connectivity index (χ1n) is 6.85. The van der Waals surface area contributed by atoms with Gasteiger partial charge in [0, 0.05) is 23.8 Å². The van der Waals surface area contributed by atoms with Crippen LogP contribution < -0.4 is 0 Å². The maximum atomic E-state index is 12.6. The number of amides is 1. The molecule has 1 aromatic heterocycles. The van der Waals surface area contributed by atoms with E-state index in [-0.39, 0.29) is 27.8 Å². The molecule has 0 bridgehead atoms. The minimum Gasteiger partial charge on any atom is -0.337 e. The maximum Gasteiger partial charge on any atom is 0.275 e. The SMILES string of the molecule is CC(C)c1[nH]nc(C(=O)N2CCC(C)(C)C2)c1S(=O)(=O)Cl. The molecule has 0 saturated carbocycles. The molecule has 0 unspecified atom stereocenters. The summed E-state index contributed by atoms with van der Waals surface area (Å²) >= 11 is 0. The van der Waals surface area contributed by atoms with Gasteiger partial charge >= 0.3 is 0 Å². The van der Waals surface area contributed by atoms with Crippen LogP contribution in [-0.4, -0.2) is 42.5 Å². The molecule has 1 fully saturated rings. The molecule has 0 aliphatic carbocycles. The summed E-state index contributed by atoms with van der Waals surface area (Å²) in [6.07, 6.45) is 0.878. The number of rotatable bonds is 3. The van der Waals surface area contributed by atoms with Gasteiger partial charge in [-0.15, -0.1) is 0 Å². The van der Waals surface area contributed by atoms with Crippen molar-refractivity contribution < 1.29 is 13.2 Å². The minimum absolute atomic E-state index is 0.0346. The highest BCUT2D eigenvalue weighted by Gasteiger charge is 2.37. The second kappa shape index (κ2) is 5.28. The van der Waals surface area contributed by atoms with E-state index in [1.54, 1.807) is 4.90 Å². The summed E-state index contributed by atoms with van der Waals surface area (Å²) in [4.78, 5) is 14.0. The highest BCUT2D eigenvalue weighted by molar-refractivity contribution is 8.13. The molecule has 1 aliphatic heterocycles. The van der Waals surface area contributed by atoms with Crippen molar-refractivity contribution in [2.75, 3.05) is 13.1 Å². The molecule has 1 aromatic rings. The van der Waals surface area contributed by atoms with Crippen LogP contribution in [0.15, 0.2) is 4.90 Å². The molecule has 0 spiro atoms. The van der Waals surface area contributed by atoms with E-state index in [1.807, 2.05) is 13.8 Å². The van der Waals surface area contributed by atoms with Gasteiger partial charge < -0.3 is 4.90 Å². The van der Waals surface area contributed by atoms with E-state index < -0.39 is 9.05 Å². The van der Waals surface area contributed by atoms with E-state index in [0.29, 0.717) is 18.8 Å². The Morgan fingerprint density at radius 2 is 2.05 bits per heavy atom. The number of nitrogens with one attached hydrogen (secondary N) is 1. The Kier molecular flexibility index (Phi) is 4.10. The van der Waals surface area contributed by atoms with Crippen molar-refractivity contribution >= 4 is 25.6 Å². The molecule has 0 aromatic carbocycles. The molecule has 1 amide bonds. The van der Waals surface area contributed by atoms with Gasteiger partial charge in [0.15, 0.2) is 5.69 Å². The van der Waals surface area contributed by atoms with E-state index in [4.69, 9.17) is 10.7 Å². The predicted octanol–water partition coefficient (Wildman–Crippen LogP) is 2.33. The summed E-state index contributed by atoms with van der Waals surface area (Å²) in [5.74, 6) is -0.513. The topological polar surface area (TPSA) is 83.1 Å². The van der Waals surface area contributed by atoms with E-state index in [2.05, 4.69) is 24.0 Å². The van der Waals surface area contributed by atoms with Gasteiger partial charge in [-0.3, -0.25) is 9.89 Å². The fourth-order valence-corrected chi connectivity index (χ4v) is 3.94. The summed E-state index contributed by atoms with van der Waals surface area (Å²) in [5, 5.41) is 6.56. The molecule has 1 N–H and O–H groups in total. The molecule has 6 nitrogen and oxygen atoms in total. The quantitative estimate of drug-likeness (QED) is 0.860. The van der Waals surface area contributed by atoms with Crippen molar-refractivity contribution in [1.29, 1.82) is 0 Å². The molecule has 1 aliphatic rings. The van der Waals surface area contributed by atoms with Crippen molar-refractivity contribution in [2.45, 2.75) is 44.9 Å². The third kappa shape index (κ3) is 3.23. The molecule has 0 radical (unpaired) electrons. The predicted molar refractivity (Wildman–Crippen MR) is 80.0 cm³/mol. The number of nitrogens with zero attached hydrogens (tertiary/aromatic N) is 2. The van der Waals surface area contributed by atoms with Crippen LogP contribution in [0.25, 0.3) is 0 Å². The van der Waals surface area contributed by atoms with Crippen molar-refractivity contribution in [3.05, 3.63) is 11.4 Å². The summed E-state index contributed by atoms with van der Waals surface area (Å²) < 4.78 is 23.6. The van der Waals surface area contributed by atoms with Gasteiger partial charge in [0.25, 0.3) is 15.0 Å². The van der Waals surface area contributed by atoms with Gasteiger partial charge in [-0.05, 0) is 17.8 Å². The lowest BCUT2D eigenvalue weighted by Gasteiger charge is -2.19. The monoisotopic (exact) mass is 333 g/mol. The van der Waals surface area contributed by atoms with Crippen LogP contribution in [0.3, 0.4) is 0 Å². The lowest BCUT2D eigenvalue weighted by atomic mass is 9.93. The Labute approximate surface area is 129 Å². The van der Waals surface area contributed by atoms with E-state index >= 15 is 0 Å². The van der Waals surface area contributed by atoms with Gasteiger partial charge in [0.1, 0.15) is 4.90 Å². The van der Waals surface area contributed by atoms with Crippen LogP contribution in [0.4, 0.5) is 0 Å². The number of likely N-dealkylation sites (tertiary alicyclic amines) is 1. The minimum atomic E-state index is -4.04. The number of hydrogen-bond donors (Lipinski definition) is 1. The summed E-state index contributed by atoms with van der Waals surface area (Å²) in [6.45, 7) is 8.95. The van der Waals surface area contributed by atoms with Gasteiger partial charge in [0.05, 0.1) is 5.69 Å². The number of carbonyl (C=O) groups is 1. The van der Waals surface area contributed by atoms with Gasteiger partial charge in [-0.1, -0.05) is 27.7 Å². The summed E-state index contributed by atoms with van der Waals surface area (Å²) in [5.41, 5.74) is 0.297. The zero-order chi connectivity index (χ0) is 16.0. The standard InChI is InChI=1S/C13H20ClN3O3S/c1-8(2)9-11(21(14,19)20)10(16-15-9)12(18)17-6-5-13(3,4)7-17/h8H,5-7H2,1-4H3,(H,15,16). The van der Waals surface area contributed by atoms with Crippen molar-refractivity contribution in [3.63, 3.8) is 0 Å². The molecule has 118 valence electrons. The number of halogens is 1. The van der Waals surface area contributed by atoms with E-state index in [1.165, 1.54) is 0 Å². The molecular weight excluding hydrogens is 314 g/mol. The van der Waals surface area contributed by atoms with E-state index in [0.717, 1.165) is 6.42 Å². The molecule has 0 atom stereocenters. The Balaban J connectivity index is 2.43. The van der Waals surface area contributed by atoms with Gasteiger partial charge in [0.2, 0.25) is 0 Å². The van der Waals surface area contributed by atoms with Crippen LogP contribution in [0.2, 0.25) is 0 Å². The Morgan fingerprint density at radius 1 is 1.43 bits per heavy atom. The zero-order valence-corrected chi connectivity index (χ0v) is 14.2. The lowest BCUT2D eigenvalue weighted by Crippen LogP contribution is -2.31. The zero-order valence-electron chi connectivity index (χ0n) is 12.6. The Bertz CT molecular complexity index is 664. The van der Waals surface area contributed by atoms with Crippen LogP contribution in [-0.2, 0) is 9.05 Å². The van der Waals surface area contributed by atoms with Crippen molar-refractivity contribution in [3.8, 4) is 0 Å². The second-order valence-electron chi connectivity index (χ2n) is 6.55. The highest BCUT2D eigenvalue weighted by atomic mass is 35.7. The van der Waals surface area contributed by atoms with Gasteiger partial charge in [-0.25, -0.2) is 8.42 Å². The van der Waals surface area contributed by atoms with Crippen molar-refractivity contribution in [2.24, 2.45) is 5.41 Å². The maximum absolute atomic E-state index is 12.6. The third-order valence-corrected chi connectivity index (χ3v) is 5.10. The molecule has 8 heteroatoms. The number of carbonyl (C=O) groups excluding carboxylic acids is 1. The molecule has 2 rings (SSSR count). The van der Waals surface area contributed by atoms with Crippen LogP contribution >= 0.6 is 10.7 Å². The normalized spacial score (nSPS) is 18.5. The lowest BCUT2D eigenvalue weighted by molar-refractivity contribution is 0.0768. The first-order chi connectivity index (χ1) is 9.53. The number of hydrogen-bond acceptors (Lipinski definition) is 4. The largest absolute Gasteiger partial charge is 0.337 e. The Morgan fingerprint density at radius 3 is 2.48 bits per heavy atom. The molecule has 1 saturated heterocycles. The van der Waals surface area contributed by atoms with Crippen LogP contribution in [0.5, 0.6) is 0 Å². The molecule has 21 heavy (non-hydrogen) atoms. The average Bonchev–Trinajstić information content (AvgIpc) is 2.90. The third-order valence-electron chi connectivity index (χ3n) is 3.74. The average molecular weight is 334 g/mol. The number of H-pyrrole nitrogens is 1. The van der Waals surface area contributed by atoms with Crippen LogP contribution in [0.1, 0.15) is 56.2 Å². The first kappa shape index (κ1) is 16.3. The summed E-state index contributed by atoms with van der Waals surface area (Å²) in [6, 6.07) is 0. The van der Waals surface area contributed by atoms with Crippen molar-refractivity contribution in [1.82, 2.24) is 15.1 Å². The molecular formula is C13H20ClN3O3S. The smallest absolute Gasteiger partial charge is 0.275 e. The fourth-order valence-electron chi connectivity index (χ4n) is 2.56. The second-order valence-corrected chi connectivity index (χ2v) is 9.05. The Hall–Kier alpha value is -1.08. The summed E-state index contributed by atoms with van der Waals surface area (Å²) in [7, 11) is 1.46. The highest BCUT2D eigenvalue weighted by Crippen LogP contribution is 2.32. The number of aromatic amines is 1.